The van der Waals surface area contributed by atoms with Gasteiger partial charge in [-0.25, -0.2) is 4.39 Å². The minimum atomic E-state index is -0.343. The Bertz CT molecular complexity index is 596. The molecule has 0 radical (unpaired) electrons. The van der Waals surface area contributed by atoms with Crippen molar-refractivity contribution in [1.29, 1.82) is 0 Å². The minimum Gasteiger partial charge on any atom is -0.508 e. The van der Waals surface area contributed by atoms with Crippen molar-refractivity contribution in [2.45, 2.75) is 19.3 Å². The number of carbonyl (C=O) groups excluding carboxylic acids is 1. The molecule has 4 heteroatoms. The molecule has 3 N–H and O–H groups in total. The third-order valence-electron chi connectivity index (χ3n) is 2.91. The number of carbonyl (C=O) groups is 1. The number of aromatic hydroxyl groups is 1. The summed E-state index contributed by atoms with van der Waals surface area (Å²) in [5.41, 5.74) is 5.98. The van der Waals surface area contributed by atoms with E-state index in [1.54, 1.807) is 12.1 Å². The molecule has 0 saturated heterocycles. The van der Waals surface area contributed by atoms with E-state index in [4.69, 9.17) is 5.73 Å². The van der Waals surface area contributed by atoms with Gasteiger partial charge in [-0.3, -0.25) is 4.79 Å². The Morgan fingerprint density at radius 2 is 2.00 bits per heavy atom. The average molecular weight is 247 g/mol. The summed E-state index contributed by atoms with van der Waals surface area (Å²) in [5.74, 6) is -0.558. The number of hydrogen-bond donors (Lipinski definition) is 2. The van der Waals surface area contributed by atoms with Crippen LogP contribution in [0.1, 0.15) is 18.4 Å². The zero-order valence-corrected chi connectivity index (χ0v) is 9.82. The Kier molecular flexibility index (Phi) is 3.46. The van der Waals surface area contributed by atoms with Crippen molar-refractivity contribution < 1.29 is 14.3 Å². The van der Waals surface area contributed by atoms with Crippen LogP contribution in [0.25, 0.3) is 10.8 Å². The first-order valence-electron chi connectivity index (χ1n) is 5.76. The summed E-state index contributed by atoms with van der Waals surface area (Å²) in [6.07, 6.45) is 1.55. The second-order valence-electron chi connectivity index (χ2n) is 4.26. The lowest BCUT2D eigenvalue weighted by atomic mass is 9.99. The van der Waals surface area contributed by atoms with Crippen LogP contribution in [0.5, 0.6) is 5.75 Å². The normalized spacial score (nSPS) is 10.7. The molecule has 0 aliphatic carbocycles. The first kappa shape index (κ1) is 12.4. The van der Waals surface area contributed by atoms with E-state index in [2.05, 4.69) is 0 Å². The molecule has 94 valence electrons. The van der Waals surface area contributed by atoms with E-state index in [-0.39, 0.29) is 17.5 Å². The predicted molar refractivity (Wildman–Crippen MR) is 67.7 cm³/mol. The molecule has 0 atom stereocenters. The van der Waals surface area contributed by atoms with Crippen LogP contribution in [-0.4, -0.2) is 11.0 Å². The molecule has 0 aromatic heterocycles. The lowest BCUT2D eigenvalue weighted by Gasteiger charge is -2.07. The van der Waals surface area contributed by atoms with Crippen molar-refractivity contribution in [3.8, 4) is 5.75 Å². The largest absolute Gasteiger partial charge is 0.508 e. The molecule has 1 amide bonds. The Balaban J connectivity index is 2.35. The number of rotatable bonds is 4. The number of phenols is 1. The summed E-state index contributed by atoms with van der Waals surface area (Å²) in [6.45, 7) is 0. The maximum Gasteiger partial charge on any atom is 0.217 e. The Morgan fingerprint density at radius 1 is 1.22 bits per heavy atom. The molecule has 0 aliphatic rings. The number of amides is 1. The summed E-state index contributed by atoms with van der Waals surface area (Å²) in [7, 11) is 0. The number of nitrogens with two attached hydrogens (primary N) is 1. The smallest absolute Gasteiger partial charge is 0.217 e. The van der Waals surface area contributed by atoms with Crippen LogP contribution in [0, 0.1) is 5.82 Å². The zero-order valence-electron chi connectivity index (χ0n) is 9.82. The highest BCUT2D eigenvalue weighted by Crippen LogP contribution is 2.26. The number of hydrogen-bond acceptors (Lipinski definition) is 2. The molecule has 0 saturated carbocycles. The van der Waals surface area contributed by atoms with Crippen LogP contribution in [-0.2, 0) is 11.2 Å². The lowest BCUT2D eigenvalue weighted by molar-refractivity contribution is -0.118. The fourth-order valence-corrected chi connectivity index (χ4v) is 2.03. The summed E-state index contributed by atoms with van der Waals surface area (Å²) >= 11 is 0. The van der Waals surface area contributed by atoms with Gasteiger partial charge >= 0.3 is 0 Å². The van der Waals surface area contributed by atoms with Crippen molar-refractivity contribution >= 4 is 16.7 Å². The Hall–Kier alpha value is -2.10. The van der Waals surface area contributed by atoms with Crippen molar-refractivity contribution in [1.82, 2.24) is 0 Å². The van der Waals surface area contributed by atoms with Gasteiger partial charge in [0.25, 0.3) is 0 Å². The van der Waals surface area contributed by atoms with Gasteiger partial charge in [-0.2, -0.15) is 0 Å². The Morgan fingerprint density at radius 3 is 2.72 bits per heavy atom. The van der Waals surface area contributed by atoms with Gasteiger partial charge in [-0.05, 0) is 48.1 Å². The fraction of sp³-hybridized carbons (Fsp3) is 0.214. The predicted octanol–water partition coefficient (Wildman–Crippen LogP) is 2.49. The first-order valence-corrected chi connectivity index (χ1v) is 5.76. The first-order chi connectivity index (χ1) is 8.58. The molecule has 0 heterocycles. The number of aryl methyl sites for hydroxylation is 1. The van der Waals surface area contributed by atoms with E-state index in [0.29, 0.717) is 30.0 Å². The van der Waals surface area contributed by atoms with Gasteiger partial charge in [0.1, 0.15) is 11.6 Å². The van der Waals surface area contributed by atoms with Crippen LogP contribution in [0.3, 0.4) is 0 Å². The fourth-order valence-electron chi connectivity index (χ4n) is 2.03. The quantitative estimate of drug-likeness (QED) is 0.871. The molecule has 0 unspecified atom stereocenters. The van der Waals surface area contributed by atoms with Crippen LogP contribution >= 0.6 is 0 Å². The third kappa shape index (κ3) is 2.59. The third-order valence-corrected chi connectivity index (χ3v) is 2.91. The van der Waals surface area contributed by atoms with Gasteiger partial charge in [0.15, 0.2) is 0 Å². The van der Waals surface area contributed by atoms with Gasteiger partial charge in [0.2, 0.25) is 5.91 Å². The molecule has 2 aromatic rings. The highest BCUT2D eigenvalue weighted by molar-refractivity contribution is 5.87. The van der Waals surface area contributed by atoms with Gasteiger partial charge in [-0.15, -0.1) is 0 Å². The van der Waals surface area contributed by atoms with Crippen molar-refractivity contribution in [3.05, 3.63) is 41.7 Å². The SMILES string of the molecule is NC(=O)CCCc1ccc(F)c2ccc(O)cc12. The van der Waals surface area contributed by atoms with Crippen molar-refractivity contribution in [3.63, 3.8) is 0 Å². The highest BCUT2D eigenvalue weighted by atomic mass is 19.1. The molecule has 0 spiro atoms. The van der Waals surface area contributed by atoms with Crippen molar-refractivity contribution in [2.24, 2.45) is 5.73 Å². The molecule has 2 aromatic carbocycles. The maximum absolute atomic E-state index is 13.6. The summed E-state index contributed by atoms with van der Waals surface area (Å²) in [6, 6.07) is 7.63. The van der Waals surface area contributed by atoms with Gasteiger partial charge in [0, 0.05) is 11.8 Å². The highest BCUT2D eigenvalue weighted by Gasteiger charge is 2.07. The number of halogens is 1. The van der Waals surface area contributed by atoms with E-state index in [9.17, 15) is 14.3 Å². The van der Waals surface area contributed by atoms with E-state index < -0.39 is 0 Å². The second kappa shape index (κ2) is 5.04. The number of fused-ring (bicyclic) bond motifs is 1. The van der Waals surface area contributed by atoms with Crippen molar-refractivity contribution in [2.75, 3.05) is 0 Å². The zero-order chi connectivity index (χ0) is 13.1. The molecule has 3 nitrogen and oxygen atoms in total. The minimum absolute atomic E-state index is 0.101. The monoisotopic (exact) mass is 247 g/mol. The Labute approximate surface area is 104 Å². The molecule has 18 heavy (non-hydrogen) atoms. The van der Waals surface area contributed by atoms with E-state index in [1.807, 2.05) is 0 Å². The molecule has 0 aliphatic heterocycles. The van der Waals surface area contributed by atoms with Crippen LogP contribution in [0.2, 0.25) is 0 Å². The second-order valence-corrected chi connectivity index (χ2v) is 4.26. The van der Waals surface area contributed by atoms with Crippen LogP contribution < -0.4 is 5.73 Å². The topological polar surface area (TPSA) is 63.3 Å². The summed E-state index contributed by atoms with van der Waals surface area (Å²) in [4.78, 5) is 10.7. The summed E-state index contributed by atoms with van der Waals surface area (Å²) < 4.78 is 13.6. The maximum atomic E-state index is 13.6. The van der Waals surface area contributed by atoms with E-state index in [0.717, 1.165) is 5.56 Å². The number of phenolic OH excluding ortho intramolecular Hbond substituents is 1. The van der Waals surface area contributed by atoms with E-state index in [1.165, 1.54) is 18.2 Å². The van der Waals surface area contributed by atoms with Crippen LogP contribution in [0.15, 0.2) is 30.3 Å². The van der Waals surface area contributed by atoms with Crippen LogP contribution in [0.4, 0.5) is 4.39 Å². The van der Waals surface area contributed by atoms with Gasteiger partial charge in [0.05, 0.1) is 0 Å². The van der Waals surface area contributed by atoms with Gasteiger partial charge in [-0.1, -0.05) is 6.07 Å². The molecule has 0 fully saturated rings. The standard InChI is InChI=1S/C14H14FNO2/c15-13-7-4-9(2-1-3-14(16)18)12-8-10(17)5-6-11(12)13/h4-8,17H,1-3H2,(H2,16,18). The molecular weight excluding hydrogens is 233 g/mol. The summed E-state index contributed by atoms with van der Waals surface area (Å²) in [5, 5.41) is 10.6. The number of benzene rings is 2. The van der Waals surface area contributed by atoms with Gasteiger partial charge < -0.3 is 10.8 Å². The average Bonchev–Trinajstić information content (AvgIpc) is 2.31. The molecule has 0 bridgehead atoms. The lowest BCUT2D eigenvalue weighted by Crippen LogP contribution is -2.10. The van der Waals surface area contributed by atoms with E-state index >= 15 is 0 Å². The molecular formula is C14H14FNO2. The molecule has 2 rings (SSSR count). The number of primary amides is 1.